The second kappa shape index (κ2) is 32.7. The van der Waals surface area contributed by atoms with E-state index in [2.05, 4.69) is 23.3 Å². The van der Waals surface area contributed by atoms with Crippen molar-refractivity contribution >= 4 is 16.3 Å². The number of allylic oxidation sites excluding steroid dienone is 1. The van der Waals surface area contributed by atoms with Gasteiger partial charge in [-0.1, -0.05) is 174 Å². The molecule has 55 heavy (non-hydrogen) atoms. The van der Waals surface area contributed by atoms with Crippen LogP contribution in [0.25, 0.3) is 0 Å². The Morgan fingerprint density at radius 1 is 0.727 bits per heavy atom. The van der Waals surface area contributed by atoms with Gasteiger partial charge in [-0.3, -0.25) is 9.35 Å². The number of ether oxygens (including phenoxy) is 2. The van der Waals surface area contributed by atoms with Crippen LogP contribution in [0.5, 0.6) is 0 Å². The van der Waals surface area contributed by atoms with Crippen molar-refractivity contribution in [2.24, 2.45) is 0 Å². The standard InChI is InChI=1S/C41H79NO12S/c1-3-5-7-9-10-11-12-13-14-15-16-17-18-19-20-21-22-23-24-26-28-30-35(45)40(48)42-33(34(44)29-27-25-8-6-4-2)32-52-41-38(47)39(54-55(49,50)51)37(46)36(31-43)53-41/h27,29,33-39,41,43-47H,3-26,28,30-32H2,1-2H3,(H,42,48)(H,49,50,51)/b29-27+. The average Bonchev–Trinajstić information content (AvgIpc) is 3.15. The van der Waals surface area contributed by atoms with Gasteiger partial charge in [0.1, 0.15) is 30.5 Å². The highest BCUT2D eigenvalue weighted by atomic mass is 32.3. The number of hydrogen-bond donors (Lipinski definition) is 7. The van der Waals surface area contributed by atoms with Gasteiger partial charge in [0, 0.05) is 0 Å². The van der Waals surface area contributed by atoms with Crippen LogP contribution in [-0.2, 0) is 28.9 Å². The maximum absolute atomic E-state index is 13.0. The van der Waals surface area contributed by atoms with Crippen molar-refractivity contribution in [2.75, 3.05) is 13.2 Å². The molecular formula is C41H79NO12S. The van der Waals surface area contributed by atoms with E-state index < -0.39 is 78.5 Å². The summed E-state index contributed by atoms with van der Waals surface area (Å²) < 4.78 is 47.1. The van der Waals surface area contributed by atoms with E-state index in [-0.39, 0.29) is 6.42 Å². The first kappa shape index (κ1) is 51.8. The van der Waals surface area contributed by atoms with Crippen molar-refractivity contribution in [3.63, 3.8) is 0 Å². The number of nitrogens with one attached hydrogen (secondary N) is 1. The van der Waals surface area contributed by atoms with Crippen molar-refractivity contribution in [1.29, 1.82) is 0 Å². The van der Waals surface area contributed by atoms with Crippen molar-refractivity contribution in [2.45, 2.75) is 230 Å². The van der Waals surface area contributed by atoms with Crippen LogP contribution in [0.3, 0.4) is 0 Å². The van der Waals surface area contributed by atoms with E-state index in [0.29, 0.717) is 12.8 Å². The quantitative estimate of drug-likeness (QED) is 0.0203. The Kier molecular flexibility index (Phi) is 30.8. The number of aliphatic hydroxyl groups is 5. The van der Waals surface area contributed by atoms with Gasteiger partial charge >= 0.3 is 10.4 Å². The zero-order chi connectivity index (χ0) is 40.7. The van der Waals surface area contributed by atoms with E-state index in [9.17, 15) is 38.7 Å². The first-order chi connectivity index (χ1) is 26.4. The van der Waals surface area contributed by atoms with Crippen molar-refractivity contribution in [3.05, 3.63) is 12.2 Å². The molecule has 0 aromatic carbocycles. The van der Waals surface area contributed by atoms with E-state index in [4.69, 9.17) is 14.0 Å². The minimum Gasteiger partial charge on any atom is -0.394 e. The lowest BCUT2D eigenvalue weighted by Gasteiger charge is -2.41. The Morgan fingerprint density at radius 3 is 1.64 bits per heavy atom. The van der Waals surface area contributed by atoms with E-state index >= 15 is 0 Å². The summed E-state index contributed by atoms with van der Waals surface area (Å²) in [6, 6.07) is -1.11. The number of rotatable bonds is 36. The van der Waals surface area contributed by atoms with E-state index in [1.807, 2.05) is 0 Å². The molecule has 0 saturated carbocycles. The third kappa shape index (κ3) is 25.7. The molecule has 0 aromatic heterocycles. The third-order valence-corrected chi connectivity index (χ3v) is 10.9. The van der Waals surface area contributed by atoms with Crippen LogP contribution in [0.1, 0.15) is 181 Å². The minimum atomic E-state index is -5.11. The van der Waals surface area contributed by atoms with Crippen LogP contribution in [0.15, 0.2) is 12.2 Å². The summed E-state index contributed by atoms with van der Waals surface area (Å²) in [6.07, 6.45) is 22.4. The highest BCUT2D eigenvalue weighted by Crippen LogP contribution is 2.26. The Labute approximate surface area is 333 Å². The summed E-state index contributed by atoms with van der Waals surface area (Å²) in [4.78, 5) is 13.0. The Bertz CT molecular complexity index is 1060. The molecule has 1 aliphatic heterocycles. The zero-order valence-electron chi connectivity index (χ0n) is 34.1. The Morgan fingerprint density at radius 2 is 1.18 bits per heavy atom. The molecule has 7 N–H and O–H groups in total. The van der Waals surface area contributed by atoms with Crippen LogP contribution in [0, 0.1) is 0 Å². The fourth-order valence-electron chi connectivity index (χ4n) is 6.93. The second-order valence-corrected chi connectivity index (χ2v) is 16.5. The molecule has 1 rings (SSSR count). The maximum atomic E-state index is 13.0. The van der Waals surface area contributed by atoms with Gasteiger partial charge in [-0.2, -0.15) is 8.42 Å². The molecule has 14 heteroatoms. The van der Waals surface area contributed by atoms with Gasteiger partial charge < -0.3 is 40.3 Å². The van der Waals surface area contributed by atoms with Gasteiger partial charge in [0.25, 0.3) is 0 Å². The second-order valence-electron chi connectivity index (χ2n) is 15.4. The summed E-state index contributed by atoms with van der Waals surface area (Å²) in [5, 5.41) is 54.6. The van der Waals surface area contributed by atoms with Gasteiger partial charge in [-0.15, -0.1) is 0 Å². The fourth-order valence-corrected chi connectivity index (χ4v) is 7.44. The van der Waals surface area contributed by atoms with Gasteiger partial charge in [-0.25, -0.2) is 4.18 Å². The van der Waals surface area contributed by atoms with E-state index in [1.54, 1.807) is 6.08 Å². The maximum Gasteiger partial charge on any atom is 0.397 e. The smallest absolute Gasteiger partial charge is 0.394 e. The molecule has 0 spiro atoms. The Hall–Kier alpha value is -1.20. The van der Waals surface area contributed by atoms with Gasteiger partial charge in [0.05, 0.1) is 25.4 Å². The van der Waals surface area contributed by atoms with E-state index in [0.717, 1.165) is 38.5 Å². The highest BCUT2D eigenvalue weighted by molar-refractivity contribution is 7.80. The first-order valence-corrected chi connectivity index (χ1v) is 23.0. The molecule has 1 saturated heterocycles. The van der Waals surface area contributed by atoms with Gasteiger partial charge in [0.2, 0.25) is 5.91 Å². The number of hydrogen-bond acceptors (Lipinski definition) is 11. The van der Waals surface area contributed by atoms with Crippen LogP contribution < -0.4 is 5.32 Å². The first-order valence-electron chi connectivity index (χ1n) is 21.7. The van der Waals surface area contributed by atoms with Gasteiger partial charge in [-0.05, 0) is 19.3 Å². The summed E-state index contributed by atoms with van der Waals surface area (Å²) in [5.74, 6) is -0.707. The summed E-state index contributed by atoms with van der Waals surface area (Å²) in [6.45, 7) is 3.08. The zero-order valence-corrected chi connectivity index (χ0v) is 34.9. The summed E-state index contributed by atoms with van der Waals surface area (Å²) in [5.41, 5.74) is 0. The summed E-state index contributed by atoms with van der Waals surface area (Å²) in [7, 11) is -5.11. The van der Waals surface area contributed by atoms with Crippen LogP contribution >= 0.6 is 0 Å². The molecule has 0 bridgehead atoms. The lowest BCUT2D eigenvalue weighted by atomic mass is 9.99. The highest BCUT2D eigenvalue weighted by Gasteiger charge is 2.48. The Balaban J connectivity index is 2.37. The SMILES string of the molecule is CCCCC/C=C/C(O)C(COC1OC(CO)C(O)C(OS(=O)(=O)O)C1O)NC(=O)C(O)CCCCCCCCCCCCCCCCCCCCCCC. The molecular weight excluding hydrogens is 731 g/mol. The van der Waals surface area contributed by atoms with Crippen LogP contribution in [0.2, 0.25) is 0 Å². The molecule has 13 nitrogen and oxygen atoms in total. The largest absolute Gasteiger partial charge is 0.397 e. The number of unbranched alkanes of at least 4 members (excludes halogenated alkanes) is 23. The molecule has 326 valence electrons. The lowest BCUT2D eigenvalue weighted by Crippen LogP contribution is -2.61. The van der Waals surface area contributed by atoms with Crippen molar-refractivity contribution < 1.29 is 57.0 Å². The normalized spacial score (nSPS) is 22.2. The van der Waals surface area contributed by atoms with Crippen molar-refractivity contribution in [1.82, 2.24) is 5.32 Å². The number of carbonyl (C=O) groups excluding carboxylic acids is 1. The fraction of sp³-hybridized carbons (Fsp3) is 0.927. The molecule has 1 heterocycles. The van der Waals surface area contributed by atoms with Gasteiger partial charge in [0.15, 0.2) is 6.29 Å². The van der Waals surface area contributed by atoms with Crippen LogP contribution in [0.4, 0.5) is 0 Å². The minimum absolute atomic E-state index is 0.247. The molecule has 8 unspecified atom stereocenters. The molecule has 1 amide bonds. The predicted octanol–water partition coefficient (Wildman–Crippen LogP) is 6.58. The topological polar surface area (TPSA) is 212 Å². The van der Waals surface area contributed by atoms with Crippen molar-refractivity contribution in [3.8, 4) is 0 Å². The molecule has 8 atom stereocenters. The monoisotopic (exact) mass is 810 g/mol. The summed E-state index contributed by atoms with van der Waals surface area (Å²) >= 11 is 0. The molecule has 0 aliphatic carbocycles. The molecule has 0 radical (unpaired) electrons. The molecule has 1 fully saturated rings. The average molecular weight is 810 g/mol. The third-order valence-electron chi connectivity index (χ3n) is 10.4. The van der Waals surface area contributed by atoms with Crippen LogP contribution in [-0.4, -0.2) is 107 Å². The van der Waals surface area contributed by atoms with E-state index in [1.165, 1.54) is 115 Å². The lowest BCUT2D eigenvalue weighted by molar-refractivity contribution is -0.298. The number of aliphatic hydroxyl groups excluding tert-OH is 5. The molecule has 0 aromatic rings. The predicted molar refractivity (Wildman–Crippen MR) is 215 cm³/mol. The number of carbonyl (C=O) groups is 1. The molecule has 1 aliphatic rings. The number of amides is 1.